The van der Waals surface area contributed by atoms with Crippen LogP contribution in [0.25, 0.3) is 10.8 Å². The van der Waals surface area contributed by atoms with E-state index in [4.69, 9.17) is 0 Å². The van der Waals surface area contributed by atoms with Crippen LogP contribution in [0.1, 0.15) is 0 Å². The van der Waals surface area contributed by atoms with Crippen molar-refractivity contribution in [3.8, 4) is 0 Å². The van der Waals surface area contributed by atoms with Gasteiger partial charge in [0.05, 0.1) is 6.20 Å². The molecule has 0 radical (unpaired) electrons. The predicted molar refractivity (Wildman–Crippen MR) is 107 cm³/mol. The Hall–Kier alpha value is -3.35. The number of benzene rings is 2. The SMILES string of the molecule is CN(C)c1ncc(NC(=O)Nc2ccc3ccccc3c2)c(N(C)C)n1. The van der Waals surface area contributed by atoms with Crippen molar-refractivity contribution >= 4 is 39.9 Å². The van der Waals surface area contributed by atoms with E-state index in [-0.39, 0.29) is 6.03 Å². The number of urea groups is 1. The number of hydrogen-bond donors (Lipinski definition) is 2. The van der Waals surface area contributed by atoms with Crippen molar-refractivity contribution in [2.75, 3.05) is 48.6 Å². The Morgan fingerprint density at radius 1 is 0.923 bits per heavy atom. The third-order valence-corrected chi connectivity index (χ3v) is 3.84. The molecule has 0 unspecified atom stereocenters. The average Bonchev–Trinajstić information content (AvgIpc) is 2.61. The zero-order chi connectivity index (χ0) is 18.7. The monoisotopic (exact) mass is 350 g/mol. The van der Waals surface area contributed by atoms with Crippen LogP contribution >= 0.6 is 0 Å². The topological polar surface area (TPSA) is 73.4 Å². The van der Waals surface area contributed by atoms with Crippen LogP contribution in [-0.2, 0) is 0 Å². The smallest absolute Gasteiger partial charge is 0.323 e. The lowest BCUT2D eigenvalue weighted by Gasteiger charge is -2.19. The minimum atomic E-state index is -0.343. The van der Waals surface area contributed by atoms with E-state index in [1.54, 1.807) is 6.20 Å². The van der Waals surface area contributed by atoms with Gasteiger partial charge in [-0.15, -0.1) is 0 Å². The Bertz CT molecular complexity index is 938. The van der Waals surface area contributed by atoms with Crippen molar-refractivity contribution < 1.29 is 4.79 Å². The highest BCUT2D eigenvalue weighted by molar-refractivity contribution is 6.02. The highest BCUT2D eigenvalue weighted by Crippen LogP contribution is 2.24. The van der Waals surface area contributed by atoms with Crippen molar-refractivity contribution in [1.29, 1.82) is 0 Å². The Kier molecular flexibility index (Phi) is 4.88. The third-order valence-electron chi connectivity index (χ3n) is 3.84. The van der Waals surface area contributed by atoms with E-state index in [9.17, 15) is 4.79 Å². The summed E-state index contributed by atoms with van der Waals surface area (Å²) in [6, 6.07) is 13.5. The number of hydrogen-bond acceptors (Lipinski definition) is 5. The molecule has 1 heterocycles. The fraction of sp³-hybridized carbons (Fsp3) is 0.211. The zero-order valence-corrected chi connectivity index (χ0v) is 15.3. The molecule has 0 atom stereocenters. The average molecular weight is 350 g/mol. The molecule has 134 valence electrons. The second kappa shape index (κ2) is 7.26. The van der Waals surface area contributed by atoms with Crippen molar-refractivity contribution in [2.45, 2.75) is 0 Å². The maximum atomic E-state index is 12.4. The van der Waals surface area contributed by atoms with Gasteiger partial charge in [0.25, 0.3) is 0 Å². The summed E-state index contributed by atoms with van der Waals surface area (Å²) in [5.41, 5.74) is 1.26. The maximum Gasteiger partial charge on any atom is 0.323 e. The number of carbonyl (C=O) groups is 1. The summed E-state index contributed by atoms with van der Waals surface area (Å²) < 4.78 is 0. The van der Waals surface area contributed by atoms with Crippen LogP contribution in [0.2, 0.25) is 0 Å². The van der Waals surface area contributed by atoms with E-state index in [0.29, 0.717) is 17.5 Å². The van der Waals surface area contributed by atoms with Gasteiger partial charge < -0.3 is 20.4 Å². The van der Waals surface area contributed by atoms with E-state index >= 15 is 0 Å². The fourth-order valence-electron chi connectivity index (χ4n) is 2.56. The molecule has 0 aliphatic heterocycles. The predicted octanol–water partition coefficient (Wildman–Crippen LogP) is 3.41. The summed E-state index contributed by atoms with van der Waals surface area (Å²) in [5.74, 6) is 1.21. The molecule has 3 rings (SSSR count). The lowest BCUT2D eigenvalue weighted by atomic mass is 10.1. The molecule has 0 bridgehead atoms. The first-order valence-corrected chi connectivity index (χ1v) is 8.22. The largest absolute Gasteiger partial charge is 0.361 e. The first-order chi connectivity index (χ1) is 12.4. The fourth-order valence-corrected chi connectivity index (χ4v) is 2.56. The Labute approximate surface area is 152 Å². The van der Waals surface area contributed by atoms with Crippen LogP contribution in [0.15, 0.2) is 48.7 Å². The standard InChI is InChI=1S/C19H22N6O/c1-24(2)17-16(12-20-18(23-17)25(3)4)22-19(26)21-15-10-9-13-7-5-6-8-14(13)11-15/h5-12H,1-4H3,(H2,21,22,26). The van der Waals surface area contributed by atoms with E-state index < -0.39 is 0 Å². The van der Waals surface area contributed by atoms with Crippen LogP contribution in [0, 0.1) is 0 Å². The number of nitrogens with one attached hydrogen (secondary N) is 2. The molecule has 7 heteroatoms. The lowest BCUT2D eigenvalue weighted by molar-refractivity contribution is 0.262. The molecule has 0 fully saturated rings. The van der Waals surface area contributed by atoms with Crippen molar-refractivity contribution in [3.05, 3.63) is 48.7 Å². The number of carbonyl (C=O) groups excluding carboxylic acids is 1. The molecule has 2 amide bonds. The molecular formula is C19H22N6O. The Morgan fingerprint density at radius 3 is 2.35 bits per heavy atom. The molecule has 2 N–H and O–H groups in total. The molecule has 26 heavy (non-hydrogen) atoms. The summed E-state index contributed by atoms with van der Waals surface area (Å²) in [6.07, 6.45) is 1.61. The lowest BCUT2D eigenvalue weighted by Crippen LogP contribution is -2.23. The van der Waals surface area contributed by atoms with Crippen molar-refractivity contribution in [2.24, 2.45) is 0 Å². The van der Waals surface area contributed by atoms with Crippen LogP contribution in [0.4, 0.5) is 27.9 Å². The second-order valence-corrected chi connectivity index (χ2v) is 6.34. The number of aromatic nitrogens is 2. The molecular weight excluding hydrogens is 328 g/mol. The van der Waals surface area contributed by atoms with Gasteiger partial charge in [-0.3, -0.25) is 0 Å². The van der Waals surface area contributed by atoms with Crippen molar-refractivity contribution in [3.63, 3.8) is 0 Å². The zero-order valence-electron chi connectivity index (χ0n) is 15.3. The normalized spacial score (nSPS) is 10.5. The van der Waals surface area contributed by atoms with Gasteiger partial charge in [-0.25, -0.2) is 9.78 Å². The number of nitrogens with zero attached hydrogens (tertiary/aromatic N) is 4. The van der Waals surface area contributed by atoms with Gasteiger partial charge >= 0.3 is 6.03 Å². The molecule has 0 saturated heterocycles. The summed E-state index contributed by atoms with van der Waals surface area (Å²) in [6.45, 7) is 0. The Balaban J connectivity index is 1.78. The van der Waals surface area contributed by atoms with E-state index in [2.05, 4.69) is 20.6 Å². The molecule has 0 saturated carbocycles. The number of rotatable bonds is 4. The van der Waals surface area contributed by atoms with Gasteiger partial charge in [0.2, 0.25) is 5.95 Å². The van der Waals surface area contributed by atoms with Gasteiger partial charge in [0.15, 0.2) is 5.82 Å². The summed E-state index contributed by atoms with van der Waals surface area (Å²) >= 11 is 0. The number of fused-ring (bicyclic) bond motifs is 1. The van der Waals surface area contributed by atoms with Gasteiger partial charge in [-0.2, -0.15) is 4.98 Å². The molecule has 1 aromatic heterocycles. The van der Waals surface area contributed by atoms with Gasteiger partial charge in [0, 0.05) is 33.9 Å². The van der Waals surface area contributed by atoms with E-state index in [1.807, 2.05) is 80.5 Å². The second-order valence-electron chi connectivity index (χ2n) is 6.34. The van der Waals surface area contributed by atoms with Gasteiger partial charge in [-0.05, 0) is 22.9 Å². The molecule has 3 aromatic rings. The summed E-state index contributed by atoms with van der Waals surface area (Å²) in [5, 5.41) is 7.86. The summed E-state index contributed by atoms with van der Waals surface area (Å²) in [7, 11) is 7.48. The van der Waals surface area contributed by atoms with E-state index in [0.717, 1.165) is 16.5 Å². The first-order valence-electron chi connectivity index (χ1n) is 8.22. The van der Waals surface area contributed by atoms with E-state index in [1.165, 1.54) is 0 Å². The van der Waals surface area contributed by atoms with Crippen LogP contribution in [-0.4, -0.2) is 44.2 Å². The van der Waals surface area contributed by atoms with Crippen LogP contribution in [0.5, 0.6) is 0 Å². The number of anilines is 4. The Morgan fingerprint density at radius 2 is 1.65 bits per heavy atom. The highest BCUT2D eigenvalue weighted by Gasteiger charge is 2.13. The quantitative estimate of drug-likeness (QED) is 0.754. The number of amides is 2. The molecule has 0 aliphatic rings. The minimum Gasteiger partial charge on any atom is -0.361 e. The third kappa shape index (κ3) is 3.83. The maximum absolute atomic E-state index is 12.4. The van der Waals surface area contributed by atoms with Gasteiger partial charge in [-0.1, -0.05) is 30.3 Å². The highest BCUT2D eigenvalue weighted by atomic mass is 16.2. The first kappa shape index (κ1) is 17.5. The minimum absolute atomic E-state index is 0.343. The van der Waals surface area contributed by atoms with Crippen molar-refractivity contribution in [1.82, 2.24) is 9.97 Å². The molecule has 0 spiro atoms. The molecule has 0 aliphatic carbocycles. The van der Waals surface area contributed by atoms with Gasteiger partial charge in [0.1, 0.15) is 5.69 Å². The molecule has 2 aromatic carbocycles. The van der Waals surface area contributed by atoms with Crippen LogP contribution in [0.3, 0.4) is 0 Å². The molecule has 7 nitrogen and oxygen atoms in total. The van der Waals surface area contributed by atoms with Crippen LogP contribution < -0.4 is 20.4 Å². The summed E-state index contributed by atoms with van der Waals surface area (Å²) in [4.78, 5) is 24.8.